The Morgan fingerprint density at radius 1 is 1.03 bits per heavy atom. The van der Waals surface area contributed by atoms with Gasteiger partial charge >= 0.3 is 5.97 Å². The summed E-state index contributed by atoms with van der Waals surface area (Å²) in [6, 6.07) is 11.7. The molecule has 1 heterocycles. The van der Waals surface area contributed by atoms with Gasteiger partial charge in [-0.25, -0.2) is 13.2 Å². The molecule has 1 saturated heterocycles. The van der Waals surface area contributed by atoms with Gasteiger partial charge in [0.2, 0.25) is 0 Å². The lowest BCUT2D eigenvalue weighted by atomic mass is 10.2. The van der Waals surface area contributed by atoms with Gasteiger partial charge in [0.05, 0.1) is 30.8 Å². The maximum atomic E-state index is 12.6. The molecule has 1 amide bonds. The Labute approximate surface area is 181 Å². The van der Waals surface area contributed by atoms with Crippen LogP contribution in [0.5, 0.6) is 5.75 Å². The Hall–Kier alpha value is -3.11. The number of methoxy groups -OCH3 is 1. The fourth-order valence-electron chi connectivity index (χ4n) is 2.96. The molecule has 166 valence electrons. The van der Waals surface area contributed by atoms with Crippen molar-refractivity contribution in [2.75, 3.05) is 38.1 Å². The summed E-state index contributed by atoms with van der Waals surface area (Å²) >= 11 is 0. The molecule has 0 unspecified atom stereocenters. The summed E-state index contributed by atoms with van der Waals surface area (Å²) < 4.78 is 43.1. The van der Waals surface area contributed by atoms with Crippen LogP contribution in [0.3, 0.4) is 0 Å². The van der Waals surface area contributed by atoms with E-state index in [0.717, 1.165) is 0 Å². The number of rotatable bonds is 7. The van der Waals surface area contributed by atoms with Gasteiger partial charge in [-0.05, 0) is 55.5 Å². The van der Waals surface area contributed by atoms with Crippen LogP contribution in [0.15, 0.2) is 53.4 Å². The first-order chi connectivity index (χ1) is 14.8. The molecule has 0 saturated carbocycles. The van der Waals surface area contributed by atoms with Crippen molar-refractivity contribution in [3.05, 3.63) is 54.1 Å². The van der Waals surface area contributed by atoms with E-state index in [9.17, 15) is 18.0 Å². The molecule has 1 aliphatic heterocycles. The number of hydrogen-bond donors (Lipinski definition) is 1. The minimum atomic E-state index is -3.84. The van der Waals surface area contributed by atoms with Crippen LogP contribution in [-0.2, 0) is 24.3 Å². The van der Waals surface area contributed by atoms with Crippen LogP contribution in [0.1, 0.15) is 17.3 Å². The zero-order chi connectivity index (χ0) is 22.4. The molecule has 1 fully saturated rings. The first-order valence-corrected chi connectivity index (χ1v) is 11.1. The van der Waals surface area contributed by atoms with E-state index in [1.54, 1.807) is 29.2 Å². The fourth-order valence-corrected chi connectivity index (χ4v) is 4.02. The van der Waals surface area contributed by atoms with Gasteiger partial charge in [0.1, 0.15) is 5.75 Å². The van der Waals surface area contributed by atoms with E-state index in [1.165, 1.54) is 38.3 Å². The molecule has 1 atom stereocenters. The maximum Gasteiger partial charge on any atom is 0.338 e. The molecule has 0 radical (unpaired) electrons. The summed E-state index contributed by atoms with van der Waals surface area (Å²) in [5, 5.41) is 0. The van der Waals surface area contributed by atoms with Crippen LogP contribution in [0.4, 0.5) is 5.69 Å². The number of carbonyl (C=O) groups excluding carboxylic acids is 2. The molecule has 3 rings (SSSR count). The Balaban J connectivity index is 1.62. The number of amides is 1. The molecule has 2 aromatic rings. The summed E-state index contributed by atoms with van der Waals surface area (Å²) in [5.41, 5.74) is 0.518. The van der Waals surface area contributed by atoms with Gasteiger partial charge in [0.25, 0.3) is 15.9 Å². The lowest BCUT2D eigenvalue weighted by Gasteiger charge is -2.28. The second-order valence-electron chi connectivity index (χ2n) is 6.84. The summed E-state index contributed by atoms with van der Waals surface area (Å²) in [6.07, 6.45) is -0.953. The number of morpholine rings is 1. The number of esters is 1. The molecule has 9 nitrogen and oxygen atoms in total. The van der Waals surface area contributed by atoms with Crippen molar-refractivity contribution < 1.29 is 32.2 Å². The van der Waals surface area contributed by atoms with Crippen LogP contribution >= 0.6 is 0 Å². The minimum Gasteiger partial charge on any atom is -0.497 e. The first kappa shape index (κ1) is 22.6. The number of anilines is 1. The average molecular weight is 448 g/mol. The molecule has 2 aromatic carbocycles. The van der Waals surface area contributed by atoms with Crippen molar-refractivity contribution >= 4 is 27.6 Å². The van der Waals surface area contributed by atoms with Gasteiger partial charge in [-0.2, -0.15) is 0 Å². The van der Waals surface area contributed by atoms with Gasteiger partial charge in [0, 0.05) is 18.8 Å². The van der Waals surface area contributed by atoms with Gasteiger partial charge in [-0.3, -0.25) is 9.52 Å². The van der Waals surface area contributed by atoms with Crippen molar-refractivity contribution in [1.82, 2.24) is 4.90 Å². The highest BCUT2D eigenvalue weighted by Crippen LogP contribution is 2.20. The molecular weight excluding hydrogens is 424 g/mol. The third-order valence-corrected chi connectivity index (χ3v) is 6.09. The van der Waals surface area contributed by atoms with Crippen molar-refractivity contribution in [1.29, 1.82) is 0 Å². The molecule has 1 aliphatic rings. The zero-order valence-electron chi connectivity index (χ0n) is 17.2. The second kappa shape index (κ2) is 9.80. The third kappa shape index (κ3) is 5.74. The van der Waals surface area contributed by atoms with Crippen LogP contribution in [-0.4, -0.2) is 64.7 Å². The molecule has 0 aliphatic carbocycles. The van der Waals surface area contributed by atoms with Gasteiger partial charge in [-0.15, -0.1) is 0 Å². The number of carbonyl (C=O) groups is 2. The lowest BCUT2D eigenvalue weighted by molar-refractivity contribution is -0.143. The smallest absolute Gasteiger partial charge is 0.338 e. The standard InChI is InChI=1S/C21H24N2O7S/c1-15(20(24)23-11-13-29-14-12-23)30-21(25)16-3-9-19(10-4-16)31(26,27)22-17-5-7-18(28-2)8-6-17/h3-10,15,22H,11-14H2,1-2H3/t15-/m1/s1. The second-order valence-corrected chi connectivity index (χ2v) is 8.53. The topological polar surface area (TPSA) is 111 Å². The molecule has 1 N–H and O–H groups in total. The fraction of sp³-hybridized carbons (Fsp3) is 0.333. The van der Waals surface area contributed by atoms with Gasteiger partial charge in [0.15, 0.2) is 6.10 Å². The van der Waals surface area contributed by atoms with Gasteiger partial charge < -0.3 is 19.1 Å². The van der Waals surface area contributed by atoms with Crippen LogP contribution in [0.25, 0.3) is 0 Å². The largest absolute Gasteiger partial charge is 0.497 e. The van der Waals surface area contributed by atoms with E-state index in [0.29, 0.717) is 37.7 Å². The number of sulfonamides is 1. The SMILES string of the molecule is COc1ccc(NS(=O)(=O)c2ccc(C(=O)O[C@H](C)C(=O)N3CCOCC3)cc2)cc1. The minimum absolute atomic E-state index is 0.0164. The zero-order valence-corrected chi connectivity index (χ0v) is 18.1. The number of nitrogens with zero attached hydrogens (tertiary/aromatic N) is 1. The summed E-state index contributed by atoms with van der Waals surface area (Å²) in [4.78, 5) is 26.3. The number of benzene rings is 2. The first-order valence-electron chi connectivity index (χ1n) is 9.64. The van der Waals surface area contributed by atoms with Gasteiger partial charge in [-0.1, -0.05) is 0 Å². The highest BCUT2D eigenvalue weighted by molar-refractivity contribution is 7.92. The Morgan fingerprint density at radius 3 is 2.23 bits per heavy atom. The van der Waals surface area contributed by atoms with Crippen molar-refractivity contribution in [3.63, 3.8) is 0 Å². The van der Waals surface area contributed by atoms with E-state index in [-0.39, 0.29) is 16.4 Å². The van der Waals surface area contributed by atoms with Crippen molar-refractivity contribution in [3.8, 4) is 5.75 Å². The molecule has 10 heteroatoms. The number of nitrogens with one attached hydrogen (secondary N) is 1. The summed E-state index contributed by atoms with van der Waals surface area (Å²) in [6.45, 7) is 3.32. The van der Waals surface area contributed by atoms with Crippen LogP contribution < -0.4 is 9.46 Å². The van der Waals surface area contributed by atoms with Crippen molar-refractivity contribution in [2.45, 2.75) is 17.9 Å². The molecule has 0 spiro atoms. The highest BCUT2D eigenvalue weighted by Gasteiger charge is 2.26. The van der Waals surface area contributed by atoms with E-state index in [2.05, 4.69) is 4.72 Å². The Kier molecular flexibility index (Phi) is 7.13. The molecule has 0 bridgehead atoms. The van der Waals surface area contributed by atoms with E-state index in [1.807, 2.05) is 0 Å². The number of hydrogen-bond acceptors (Lipinski definition) is 7. The molecule has 0 aromatic heterocycles. The van der Waals surface area contributed by atoms with E-state index < -0.39 is 22.1 Å². The maximum absolute atomic E-state index is 12.6. The summed E-state index contributed by atoms with van der Waals surface area (Å²) in [5.74, 6) is -0.396. The van der Waals surface area contributed by atoms with E-state index in [4.69, 9.17) is 14.2 Å². The quantitative estimate of drug-likeness (QED) is 0.644. The normalized spacial score (nSPS) is 15.1. The third-order valence-electron chi connectivity index (χ3n) is 4.70. The average Bonchev–Trinajstić information content (AvgIpc) is 2.79. The van der Waals surface area contributed by atoms with Crippen LogP contribution in [0, 0.1) is 0 Å². The lowest BCUT2D eigenvalue weighted by Crippen LogP contribution is -2.46. The van der Waals surface area contributed by atoms with E-state index >= 15 is 0 Å². The predicted octanol–water partition coefficient (Wildman–Crippen LogP) is 1.90. The Morgan fingerprint density at radius 2 is 1.65 bits per heavy atom. The van der Waals surface area contributed by atoms with Crippen LogP contribution in [0.2, 0.25) is 0 Å². The van der Waals surface area contributed by atoms with Crippen molar-refractivity contribution in [2.24, 2.45) is 0 Å². The summed E-state index contributed by atoms with van der Waals surface area (Å²) in [7, 11) is -2.32. The monoisotopic (exact) mass is 448 g/mol. The molecule has 31 heavy (non-hydrogen) atoms. The molecular formula is C21H24N2O7S. The number of ether oxygens (including phenoxy) is 3. The predicted molar refractivity (Wildman–Crippen MR) is 113 cm³/mol. The Bertz CT molecular complexity index is 1010. The highest BCUT2D eigenvalue weighted by atomic mass is 32.2.